The predicted octanol–water partition coefficient (Wildman–Crippen LogP) is 10.9. The monoisotopic (exact) mass is 890 g/mol. The minimum atomic E-state index is -0.750. The Kier molecular flexibility index (Phi) is 16.9. The van der Waals surface area contributed by atoms with Gasteiger partial charge in [-0.1, -0.05) is 144 Å². The zero-order chi connectivity index (χ0) is 39.0. The summed E-state index contributed by atoms with van der Waals surface area (Å²) in [6, 6.07) is 41.8. The summed E-state index contributed by atoms with van der Waals surface area (Å²) in [6.45, 7) is 4.43. The maximum absolute atomic E-state index is 11.7. The second-order valence-corrected chi connectivity index (χ2v) is 15.4. The standard InChI is InChI=1S/C47H52ClIO7/c1-2-52-39-23-21-34(22-24-39)27-38-28-40(42(50)29-41(38)48)44-46(54-31-36-17-9-4-10-18-36)47(55-32-37-19-11-5-12-20-37)45(53-30-35-15-7-3-8-16-35)43(56-44)33-51-26-14-6-13-25-49/h3-5,7-12,15-24,28-29,43-47,50H,2,6,13-14,25-27,30-33H2,1H3. The van der Waals surface area contributed by atoms with Crippen LogP contribution in [0.4, 0.5) is 0 Å². The van der Waals surface area contributed by atoms with Crippen molar-refractivity contribution in [3.8, 4) is 11.5 Å². The summed E-state index contributed by atoms with van der Waals surface area (Å²) in [5.74, 6) is 0.833. The van der Waals surface area contributed by atoms with Crippen LogP contribution in [-0.4, -0.2) is 53.8 Å². The number of phenolic OH excluding ortho intramolecular Hbond substituents is 1. The molecule has 7 nitrogen and oxygen atoms in total. The van der Waals surface area contributed by atoms with Crippen molar-refractivity contribution in [2.24, 2.45) is 0 Å². The van der Waals surface area contributed by atoms with Gasteiger partial charge in [0.25, 0.3) is 0 Å². The maximum atomic E-state index is 11.7. The zero-order valence-corrected chi connectivity index (χ0v) is 34.9. The van der Waals surface area contributed by atoms with Crippen LogP contribution in [0.5, 0.6) is 11.5 Å². The number of halogens is 2. The van der Waals surface area contributed by atoms with Gasteiger partial charge in [0.1, 0.15) is 42.0 Å². The summed E-state index contributed by atoms with van der Waals surface area (Å²) in [5.41, 5.74) is 5.53. The van der Waals surface area contributed by atoms with Gasteiger partial charge in [0.15, 0.2) is 0 Å². The fraction of sp³-hybridized carbons (Fsp3) is 0.362. The van der Waals surface area contributed by atoms with Gasteiger partial charge in [-0.15, -0.1) is 0 Å². The van der Waals surface area contributed by atoms with E-state index >= 15 is 0 Å². The van der Waals surface area contributed by atoms with E-state index in [2.05, 4.69) is 22.6 Å². The van der Waals surface area contributed by atoms with Crippen LogP contribution in [0.2, 0.25) is 5.02 Å². The first-order valence-electron chi connectivity index (χ1n) is 19.5. The third kappa shape index (κ3) is 12.3. The Balaban J connectivity index is 1.38. The highest BCUT2D eigenvalue weighted by Gasteiger charge is 2.49. The van der Waals surface area contributed by atoms with Gasteiger partial charge in [-0.25, -0.2) is 0 Å². The van der Waals surface area contributed by atoms with E-state index in [0.29, 0.717) is 50.0 Å². The molecule has 56 heavy (non-hydrogen) atoms. The summed E-state index contributed by atoms with van der Waals surface area (Å²) in [4.78, 5) is 0. The van der Waals surface area contributed by atoms with Crippen molar-refractivity contribution in [3.05, 3.63) is 166 Å². The van der Waals surface area contributed by atoms with Crippen molar-refractivity contribution >= 4 is 34.2 Å². The molecule has 1 fully saturated rings. The van der Waals surface area contributed by atoms with E-state index in [4.69, 9.17) is 40.0 Å². The first-order valence-corrected chi connectivity index (χ1v) is 21.4. The number of phenols is 1. The number of hydrogen-bond acceptors (Lipinski definition) is 7. The lowest BCUT2D eigenvalue weighted by atomic mass is 9.88. The number of alkyl halides is 1. The quantitative estimate of drug-likeness (QED) is 0.0447. The number of rotatable bonds is 21. The molecule has 0 aliphatic carbocycles. The van der Waals surface area contributed by atoms with E-state index in [0.717, 1.165) is 57.3 Å². The second kappa shape index (κ2) is 22.5. The Bertz CT molecular complexity index is 1860. The molecule has 0 amide bonds. The van der Waals surface area contributed by atoms with Crippen molar-refractivity contribution in [1.29, 1.82) is 0 Å². The van der Waals surface area contributed by atoms with Gasteiger partial charge < -0.3 is 33.5 Å². The molecule has 1 N–H and O–H groups in total. The summed E-state index contributed by atoms with van der Waals surface area (Å²) >= 11 is 9.26. The molecule has 0 spiro atoms. The van der Waals surface area contributed by atoms with Crippen LogP contribution in [0.15, 0.2) is 127 Å². The molecule has 0 radical (unpaired) electrons. The van der Waals surface area contributed by atoms with E-state index < -0.39 is 30.5 Å². The first kappa shape index (κ1) is 42.1. The van der Waals surface area contributed by atoms with Crippen molar-refractivity contribution in [2.75, 3.05) is 24.2 Å². The number of ether oxygens (including phenoxy) is 6. The lowest BCUT2D eigenvalue weighted by molar-refractivity contribution is -0.274. The average molecular weight is 891 g/mol. The molecule has 9 heteroatoms. The second-order valence-electron chi connectivity index (χ2n) is 14.0. The van der Waals surface area contributed by atoms with Gasteiger partial charge in [-0.2, -0.15) is 0 Å². The largest absolute Gasteiger partial charge is 0.508 e. The number of benzene rings is 5. The van der Waals surface area contributed by atoms with Gasteiger partial charge in [0, 0.05) is 17.2 Å². The average Bonchev–Trinajstić information content (AvgIpc) is 3.23. The topological polar surface area (TPSA) is 75.6 Å². The third-order valence-corrected chi connectivity index (χ3v) is 10.9. The zero-order valence-electron chi connectivity index (χ0n) is 31.9. The van der Waals surface area contributed by atoms with Crippen LogP contribution in [-0.2, 0) is 49.9 Å². The fourth-order valence-corrected chi connectivity index (χ4v) is 7.69. The van der Waals surface area contributed by atoms with Gasteiger partial charge in [-0.05, 0) is 82.7 Å². The molecule has 0 bridgehead atoms. The smallest absolute Gasteiger partial charge is 0.122 e. The van der Waals surface area contributed by atoms with Gasteiger partial charge >= 0.3 is 0 Å². The summed E-state index contributed by atoms with van der Waals surface area (Å²) in [5, 5.41) is 12.2. The molecular weight excluding hydrogens is 839 g/mol. The molecule has 1 heterocycles. The molecule has 1 saturated heterocycles. The lowest BCUT2D eigenvalue weighted by Gasteiger charge is -2.46. The number of aromatic hydroxyl groups is 1. The highest BCUT2D eigenvalue weighted by molar-refractivity contribution is 14.1. The molecule has 5 aromatic carbocycles. The van der Waals surface area contributed by atoms with Crippen molar-refractivity contribution in [3.63, 3.8) is 0 Å². The molecule has 1 aliphatic heterocycles. The Hall–Kier alpha value is -3.48. The summed E-state index contributed by atoms with van der Waals surface area (Å²) in [6.07, 6.45) is 0.583. The molecule has 5 atom stereocenters. The van der Waals surface area contributed by atoms with E-state index in [-0.39, 0.29) is 12.4 Å². The van der Waals surface area contributed by atoms with Crippen molar-refractivity contribution in [1.82, 2.24) is 0 Å². The van der Waals surface area contributed by atoms with Gasteiger partial charge in [0.2, 0.25) is 0 Å². The Morgan fingerprint density at radius 2 is 1.23 bits per heavy atom. The van der Waals surface area contributed by atoms with E-state index in [1.165, 1.54) is 0 Å². The normalized spacial score (nSPS) is 19.5. The summed E-state index contributed by atoms with van der Waals surface area (Å²) in [7, 11) is 0. The van der Waals surface area contributed by atoms with Gasteiger partial charge in [0.05, 0.1) is 33.0 Å². The summed E-state index contributed by atoms with van der Waals surface area (Å²) < 4.78 is 40.8. The Labute approximate surface area is 350 Å². The lowest BCUT2D eigenvalue weighted by Crippen LogP contribution is -2.58. The van der Waals surface area contributed by atoms with Gasteiger partial charge in [-0.3, -0.25) is 0 Å². The minimum Gasteiger partial charge on any atom is -0.508 e. The van der Waals surface area contributed by atoms with Crippen LogP contribution in [0.1, 0.15) is 65.7 Å². The Morgan fingerprint density at radius 3 is 1.80 bits per heavy atom. The molecule has 6 rings (SSSR count). The van der Waals surface area contributed by atoms with Crippen molar-refractivity contribution in [2.45, 2.75) is 82.9 Å². The highest BCUT2D eigenvalue weighted by Crippen LogP contribution is 2.43. The number of hydrogen-bond donors (Lipinski definition) is 1. The van der Waals surface area contributed by atoms with Crippen LogP contribution >= 0.6 is 34.2 Å². The van der Waals surface area contributed by atoms with E-state index in [1.807, 2.05) is 128 Å². The Morgan fingerprint density at radius 1 is 0.661 bits per heavy atom. The molecule has 5 unspecified atom stereocenters. The van der Waals surface area contributed by atoms with Crippen LogP contribution < -0.4 is 4.74 Å². The molecule has 0 saturated carbocycles. The minimum absolute atomic E-state index is 0.0210. The molecule has 0 aromatic heterocycles. The molecule has 1 aliphatic rings. The van der Waals surface area contributed by atoms with Crippen LogP contribution in [0.25, 0.3) is 0 Å². The van der Waals surface area contributed by atoms with E-state index in [1.54, 1.807) is 6.07 Å². The first-order chi connectivity index (χ1) is 27.5. The van der Waals surface area contributed by atoms with E-state index in [9.17, 15) is 5.11 Å². The SMILES string of the molecule is CCOc1ccc(Cc2cc(C3OC(COCCCCCI)C(OCc4ccccc4)C(OCc4ccccc4)C3OCc3ccccc3)c(O)cc2Cl)cc1. The maximum Gasteiger partial charge on any atom is 0.122 e. The third-order valence-electron chi connectivity index (χ3n) is 9.83. The van der Waals surface area contributed by atoms with Crippen LogP contribution in [0, 0.1) is 0 Å². The highest BCUT2D eigenvalue weighted by atomic mass is 127. The molecular formula is C47H52ClIO7. The predicted molar refractivity (Wildman–Crippen MR) is 230 cm³/mol. The molecule has 296 valence electrons. The molecule has 5 aromatic rings. The fourth-order valence-electron chi connectivity index (χ4n) is 6.93. The van der Waals surface area contributed by atoms with Crippen LogP contribution in [0.3, 0.4) is 0 Å². The van der Waals surface area contributed by atoms with Crippen molar-refractivity contribution < 1.29 is 33.5 Å². The number of unbranched alkanes of at least 4 members (excludes halogenated alkanes) is 2.